The topological polar surface area (TPSA) is 76.2 Å². The Bertz CT molecular complexity index is 1060. The monoisotopic (exact) mass is 377 g/mol. The van der Waals surface area contributed by atoms with Gasteiger partial charge in [-0.2, -0.15) is 0 Å². The van der Waals surface area contributed by atoms with Crippen LogP contribution in [0.4, 0.5) is 5.82 Å². The Hall–Kier alpha value is -3.19. The fraction of sp³-hybridized carbons (Fsp3) is 0.286. The summed E-state index contributed by atoms with van der Waals surface area (Å²) in [6, 6.07) is 11.9. The Balaban J connectivity index is 1.78. The highest BCUT2D eigenvalue weighted by Crippen LogP contribution is 2.31. The van der Waals surface area contributed by atoms with Gasteiger partial charge in [-0.25, -0.2) is 9.97 Å². The lowest BCUT2D eigenvalue weighted by Gasteiger charge is -2.23. The Kier molecular flexibility index (Phi) is 5.34. The van der Waals surface area contributed by atoms with E-state index in [9.17, 15) is 0 Å². The van der Waals surface area contributed by atoms with Crippen LogP contribution in [0.5, 0.6) is 5.75 Å². The number of H-pyrrole nitrogens is 1. The van der Waals surface area contributed by atoms with E-state index in [-0.39, 0.29) is 0 Å². The molecule has 0 aliphatic heterocycles. The number of aromatic nitrogens is 4. The van der Waals surface area contributed by atoms with Crippen molar-refractivity contribution in [2.24, 2.45) is 0 Å². The van der Waals surface area contributed by atoms with Crippen LogP contribution in [0.1, 0.15) is 12.1 Å². The van der Waals surface area contributed by atoms with Crippen LogP contribution in [0.2, 0.25) is 0 Å². The zero-order valence-corrected chi connectivity index (χ0v) is 16.1. The number of methoxy groups -OCH3 is 2. The smallest absolute Gasteiger partial charge is 0.156 e. The fourth-order valence-corrected chi connectivity index (χ4v) is 3.37. The third-order valence-corrected chi connectivity index (χ3v) is 4.72. The van der Waals surface area contributed by atoms with Gasteiger partial charge in [-0.1, -0.05) is 6.07 Å². The quantitative estimate of drug-likeness (QED) is 0.473. The molecule has 0 fully saturated rings. The number of nitrogens with one attached hydrogen (secondary N) is 1. The average Bonchev–Trinajstić information content (AvgIpc) is 3.12. The number of hydrogen-bond donors (Lipinski definition) is 1. The van der Waals surface area contributed by atoms with E-state index in [0.717, 1.165) is 52.2 Å². The van der Waals surface area contributed by atoms with Gasteiger partial charge in [0.15, 0.2) is 5.82 Å². The molecule has 1 N–H and O–H groups in total. The van der Waals surface area contributed by atoms with Crippen molar-refractivity contribution in [3.8, 4) is 5.75 Å². The van der Waals surface area contributed by atoms with E-state index in [0.29, 0.717) is 13.2 Å². The van der Waals surface area contributed by atoms with Crippen LogP contribution in [0, 0.1) is 0 Å². The van der Waals surface area contributed by atoms with Crippen molar-refractivity contribution in [2.75, 3.05) is 32.3 Å². The number of aromatic amines is 1. The molecule has 0 amide bonds. The molecule has 4 aromatic rings. The molecule has 0 aliphatic rings. The molecule has 0 saturated heterocycles. The average molecular weight is 377 g/mol. The minimum absolute atomic E-state index is 0.662. The summed E-state index contributed by atoms with van der Waals surface area (Å²) in [4.78, 5) is 19.3. The van der Waals surface area contributed by atoms with Crippen LogP contribution in [0.25, 0.3) is 21.9 Å². The van der Waals surface area contributed by atoms with Crippen LogP contribution in [-0.4, -0.2) is 47.3 Å². The SMILES string of the molecule is COCCCN(Cc1ccccn1)c1ncnc2c1[nH]c1ccc(OC)cc12. The highest BCUT2D eigenvalue weighted by Gasteiger charge is 2.17. The highest BCUT2D eigenvalue weighted by molar-refractivity contribution is 6.08. The highest BCUT2D eigenvalue weighted by atomic mass is 16.5. The summed E-state index contributed by atoms with van der Waals surface area (Å²) < 4.78 is 10.6. The maximum Gasteiger partial charge on any atom is 0.156 e. The summed E-state index contributed by atoms with van der Waals surface area (Å²) in [7, 11) is 3.39. The Morgan fingerprint density at radius 1 is 1.07 bits per heavy atom. The maximum atomic E-state index is 5.37. The van der Waals surface area contributed by atoms with Gasteiger partial charge in [0.25, 0.3) is 0 Å². The minimum atomic E-state index is 0.662. The van der Waals surface area contributed by atoms with Crippen LogP contribution >= 0.6 is 0 Å². The molecule has 0 unspecified atom stereocenters. The van der Waals surface area contributed by atoms with Crippen LogP contribution < -0.4 is 9.64 Å². The predicted molar refractivity (Wildman–Crippen MR) is 110 cm³/mol. The lowest BCUT2D eigenvalue weighted by Crippen LogP contribution is -2.26. The summed E-state index contributed by atoms with van der Waals surface area (Å²) >= 11 is 0. The number of pyridine rings is 1. The van der Waals surface area contributed by atoms with Crippen molar-refractivity contribution in [1.82, 2.24) is 19.9 Å². The van der Waals surface area contributed by atoms with Crippen molar-refractivity contribution >= 4 is 27.8 Å². The second-order valence-electron chi connectivity index (χ2n) is 6.55. The van der Waals surface area contributed by atoms with E-state index in [1.807, 2.05) is 42.6 Å². The summed E-state index contributed by atoms with van der Waals surface area (Å²) in [6.07, 6.45) is 4.32. The molecule has 0 radical (unpaired) electrons. The molecule has 3 aromatic heterocycles. The van der Waals surface area contributed by atoms with Crippen molar-refractivity contribution in [1.29, 1.82) is 0 Å². The molecule has 3 heterocycles. The van der Waals surface area contributed by atoms with E-state index in [2.05, 4.69) is 24.8 Å². The molecule has 7 heteroatoms. The van der Waals surface area contributed by atoms with Gasteiger partial charge in [0, 0.05) is 37.4 Å². The largest absolute Gasteiger partial charge is 0.497 e. The van der Waals surface area contributed by atoms with Crippen molar-refractivity contribution in [3.63, 3.8) is 0 Å². The van der Waals surface area contributed by atoms with E-state index in [4.69, 9.17) is 9.47 Å². The van der Waals surface area contributed by atoms with Gasteiger partial charge in [0.2, 0.25) is 0 Å². The lowest BCUT2D eigenvalue weighted by atomic mass is 10.2. The fourth-order valence-electron chi connectivity index (χ4n) is 3.37. The molecule has 0 spiro atoms. The maximum absolute atomic E-state index is 5.37. The Labute approximate surface area is 163 Å². The predicted octanol–water partition coefficient (Wildman–Crippen LogP) is 3.56. The third-order valence-electron chi connectivity index (χ3n) is 4.72. The molecule has 144 valence electrons. The molecule has 4 rings (SSSR count). The number of hydrogen-bond acceptors (Lipinski definition) is 6. The number of rotatable bonds is 8. The van der Waals surface area contributed by atoms with Gasteiger partial charge in [-0.3, -0.25) is 4.98 Å². The molecular formula is C21H23N5O2. The first-order chi connectivity index (χ1) is 13.8. The number of nitrogens with zero attached hydrogens (tertiary/aromatic N) is 4. The van der Waals surface area contributed by atoms with Crippen LogP contribution in [0.3, 0.4) is 0 Å². The summed E-state index contributed by atoms with van der Waals surface area (Å²) in [6.45, 7) is 2.15. The summed E-state index contributed by atoms with van der Waals surface area (Å²) in [5, 5.41) is 1.02. The van der Waals surface area contributed by atoms with Crippen molar-refractivity contribution in [2.45, 2.75) is 13.0 Å². The van der Waals surface area contributed by atoms with E-state index in [1.165, 1.54) is 0 Å². The molecule has 0 bridgehead atoms. The third kappa shape index (κ3) is 3.61. The molecule has 0 saturated carbocycles. The second kappa shape index (κ2) is 8.22. The van der Waals surface area contributed by atoms with Gasteiger partial charge < -0.3 is 19.4 Å². The van der Waals surface area contributed by atoms with Gasteiger partial charge in [0.1, 0.15) is 23.1 Å². The number of anilines is 1. The van der Waals surface area contributed by atoms with Crippen molar-refractivity contribution in [3.05, 3.63) is 54.6 Å². The first-order valence-corrected chi connectivity index (χ1v) is 9.24. The number of fused-ring (bicyclic) bond motifs is 3. The second-order valence-corrected chi connectivity index (χ2v) is 6.55. The molecule has 0 atom stereocenters. The summed E-state index contributed by atoms with van der Waals surface area (Å²) in [5.74, 6) is 1.67. The Morgan fingerprint density at radius 3 is 2.79 bits per heavy atom. The normalized spacial score (nSPS) is 11.2. The van der Waals surface area contributed by atoms with E-state index < -0.39 is 0 Å². The van der Waals surface area contributed by atoms with E-state index in [1.54, 1.807) is 20.5 Å². The van der Waals surface area contributed by atoms with Gasteiger partial charge in [-0.15, -0.1) is 0 Å². The molecule has 7 nitrogen and oxygen atoms in total. The number of benzene rings is 1. The van der Waals surface area contributed by atoms with Crippen molar-refractivity contribution < 1.29 is 9.47 Å². The molecule has 1 aromatic carbocycles. The zero-order chi connectivity index (χ0) is 19.3. The van der Waals surface area contributed by atoms with Gasteiger partial charge in [0.05, 0.1) is 19.3 Å². The first-order valence-electron chi connectivity index (χ1n) is 9.24. The molecular weight excluding hydrogens is 354 g/mol. The van der Waals surface area contributed by atoms with Crippen LogP contribution in [0.15, 0.2) is 48.9 Å². The Morgan fingerprint density at radius 2 is 2.00 bits per heavy atom. The van der Waals surface area contributed by atoms with Gasteiger partial charge >= 0.3 is 0 Å². The number of ether oxygens (including phenoxy) is 2. The minimum Gasteiger partial charge on any atom is -0.497 e. The van der Waals surface area contributed by atoms with Crippen LogP contribution in [-0.2, 0) is 11.3 Å². The molecule has 28 heavy (non-hydrogen) atoms. The summed E-state index contributed by atoms with van der Waals surface area (Å²) in [5.41, 5.74) is 3.80. The zero-order valence-electron chi connectivity index (χ0n) is 16.1. The lowest BCUT2D eigenvalue weighted by molar-refractivity contribution is 0.196. The first kappa shape index (κ1) is 18.2. The van der Waals surface area contributed by atoms with E-state index >= 15 is 0 Å². The standard InChI is InChI=1S/C21H23N5O2/c1-27-11-5-10-26(13-15-6-3-4-9-22-15)21-20-19(23-14-24-21)17-12-16(28-2)7-8-18(17)25-20/h3-4,6-9,12,14,25H,5,10-11,13H2,1-2H3. The van der Waals surface area contributed by atoms with Gasteiger partial charge in [-0.05, 0) is 36.8 Å². The molecule has 0 aliphatic carbocycles.